The van der Waals surface area contributed by atoms with Crippen molar-refractivity contribution in [3.05, 3.63) is 16.5 Å². The summed E-state index contributed by atoms with van der Waals surface area (Å²) in [5.41, 5.74) is 1.03. The van der Waals surface area contributed by atoms with E-state index in [2.05, 4.69) is 28.5 Å². The molecule has 1 aliphatic carbocycles. The molecule has 3 nitrogen and oxygen atoms in total. The van der Waals surface area contributed by atoms with E-state index in [4.69, 9.17) is 11.6 Å². The minimum absolute atomic E-state index is 0.399. The molecule has 1 fully saturated rings. The molecule has 0 spiro atoms. The summed E-state index contributed by atoms with van der Waals surface area (Å²) in [6.07, 6.45) is 6.97. The van der Waals surface area contributed by atoms with E-state index in [0.29, 0.717) is 9.90 Å². The molecular formula is C13H20ClN3S. The van der Waals surface area contributed by atoms with Crippen molar-refractivity contribution in [3.63, 3.8) is 0 Å². The van der Waals surface area contributed by atoms with Gasteiger partial charge in [0.05, 0.1) is 0 Å². The highest BCUT2D eigenvalue weighted by atomic mass is 35.5. The maximum Gasteiger partial charge on any atom is 0.138 e. The van der Waals surface area contributed by atoms with Gasteiger partial charge in [-0.3, -0.25) is 0 Å². The molecule has 0 radical (unpaired) electrons. The highest BCUT2D eigenvalue weighted by Gasteiger charge is 2.36. The minimum Gasteiger partial charge on any atom is -0.368 e. The third kappa shape index (κ3) is 2.75. The molecule has 1 saturated carbocycles. The lowest BCUT2D eigenvalue weighted by Gasteiger charge is -2.40. The molecule has 1 N–H and O–H groups in total. The first-order valence-corrected chi connectivity index (χ1v) is 8.02. The van der Waals surface area contributed by atoms with E-state index in [9.17, 15) is 0 Å². The molecule has 0 aromatic carbocycles. The van der Waals surface area contributed by atoms with Gasteiger partial charge in [-0.2, -0.15) is 11.8 Å². The van der Waals surface area contributed by atoms with Crippen LogP contribution in [-0.4, -0.2) is 27.5 Å². The van der Waals surface area contributed by atoms with Crippen LogP contribution < -0.4 is 5.32 Å². The molecule has 100 valence electrons. The summed E-state index contributed by atoms with van der Waals surface area (Å²) in [5, 5.41) is 4.07. The van der Waals surface area contributed by atoms with Gasteiger partial charge in [0.2, 0.25) is 0 Å². The molecule has 0 bridgehead atoms. The number of thioether (sulfide) groups is 1. The van der Waals surface area contributed by atoms with E-state index in [-0.39, 0.29) is 0 Å². The smallest absolute Gasteiger partial charge is 0.138 e. The molecule has 0 unspecified atom stereocenters. The van der Waals surface area contributed by atoms with Crippen LogP contribution in [0.25, 0.3) is 0 Å². The van der Waals surface area contributed by atoms with Crippen LogP contribution in [0.1, 0.15) is 37.6 Å². The van der Waals surface area contributed by atoms with Gasteiger partial charge in [0, 0.05) is 16.9 Å². The number of anilines is 1. The quantitative estimate of drug-likeness (QED) is 0.837. The summed E-state index contributed by atoms with van der Waals surface area (Å²) in [6, 6.07) is 0. The lowest BCUT2D eigenvalue weighted by atomic mass is 9.84. The zero-order valence-electron chi connectivity index (χ0n) is 11.2. The molecule has 5 heteroatoms. The van der Waals surface area contributed by atoms with E-state index in [1.807, 2.05) is 18.7 Å². The fourth-order valence-electron chi connectivity index (χ4n) is 2.29. The highest BCUT2D eigenvalue weighted by molar-refractivity contribution is 8.00. The zero-order valence-corrected chi connectivity index (χ0v) is 12.8. The topological polar surface area (TPSA) is 37.8 Å². The molecule has 18 heavy (non-hydrogen) atoms. The van der Waals surface area contributed by atoms with Gasteiger partial charge in [-0.1, -0.05) is 24.9 Å². The summed E-state index contributed by atoms with van der Waals surface area (Å²) >= 11 is 8.13. The average Bonchev–Trinajstić information content (AvgIpc) is 2.27. The number of aryl methyl sites for hydroxylation is 1. The first kappa shape index (κ1) is 13.9. The Hall–Kier alpha value is -0.480. The van der Waals surface area contributed by atoms with Crippen molar-refractivity contribution in [3.8, 4) is 0 Å². The van der Waals surface area contributed by atoms with Crippen molar-refractivity contribution < 1.29 is 0 Å². The molecule has 0 aliphatic heterocycles. The number of rotatable bonds is 5. The van der Waals surface area contributed by atoms with Crippen LogP contribution in [0.3, 0.4) is 0 Å². The Morgan fingerprint density at radius 3 is 2.61 bits per heavy atom. The molecule has 1 aliphatic rings. The average molecular weight is 286 g/mol. The normalized spacial score (nSPS) is 17.3. The van der Waals surface area contributed by atoms with Gasteiger partial charge in [0.15, 0.2) is 0 Å². The van der Waals surface area contributed by atoms with Crippen LogP contribution in [0.15, 0.2) is 0 Å². The Morgan fingerprint density at radius 2 is 2.11 bits per heavy atom. The Morgan fingerprint density at radius 1 is 1.39 bits per heavy atom. The van der Waals surface area contributed by atoms with Crippen molar-refractivity contribution in [2.75, 3.05) is 18.1 Å². The lowest BCUT2D eigenvalue weighted by Crippen LogP contribution is -2.40. The van der Waals surface area contributed by atoms with E-state index in [0.717, 1.165) is 30.2 Å². The molecule has 2 rings (SSSR count). The van der Waals surface area contributed by atoms with E-state index < -0.39 is 0 Å². The Kier molecular flexibility index (Phi) is 4.38. The van der Waals surface area contributed by atoms with Crippen LogP contribution in [0.4, 0.5) is 5.82 Å². The fourth-order valence-corrected chi connectivity index (χ4v) is 3.55. The van der Waals surface area contributed by atoms with E-state index >= 15 is 0 Å². The van der Waals surface area contributed by atoms with Gasteiger partial charge in [-0.25, -0.2) is 9.97 Å². The van der Waals surface area contributed by atoms with Crippen molar-refractivity contribution in [2.45, 2.75) is 44.3 Å². The molecule has 0 saturated heterocycles. The monoisotopic (exact) mass is 285 g/mol. The SMILES string of the molecule is CCc1c(Cl)nc(C)nc1NCC1(SC)CCC1. The van der Waals surface area contributed by atoms with Gasteiger partial charge >= 0.3 is 0 Å². The first-order chi connectivity index (χ1) is 8.60. The third-order valence-corrected chi connectivity index (χ3v) is 5.43. The first-order valence-electron chi connectivity index (χ1n) is 6.42. The second-order valence-electron chi connectivity index (χ2n) is 4.84. The van der Waals surface area contributed by atoms with Crippen LogP contribution in [-0.2, 0) is 6.42 Å². The van der Waals surface area contributed by atoms with Crippen LogP contribution in [0.5, 0.6) is 0 Å². The molecule has 1 aromatic heterocycles. The van der Waals surface area contributed by atoms with Crippen molar-refractivity contribution >= 4 is 29.2 Å². The number of halogens is 1. The summed E-state index contributed by atoms with van der Waals surface area (Å²) in [4.78, 5) is 8.70. The predicted molar refractivity (Wildman–Crippen MR) is 79.7 cm³/mol. The second-order valence-corrected chi connectivity index (χ2v) is 6.47. The van der Waals surface area contributed by atoms with Crippen LogP contribution in [0.2, 0.25) is 5.15 Å². The Labute approximate surface area is 118 Å². The fraction of sp³-hybridized carbons (Fsp3) is 0.692. The van der Waals surface area contributed by atoms with Crippen molar-refractivity contribution in [1.29, 1.82) is 0 Å². The second kappa shape index (κ2) is 5.66. The maximum atomic E-state index is 6.17. The number of hydrogen-bond acceptors (Lipinski definition) is 4. The largest absolute Gasteiger partial charge is 0.368 e. The number of aromatic nitrogens is 2. The highest BCUT2D eigenvalue weighted by Crippen LogP contribution is 2.42. The molecular weight excluding hydrogens is 266 g/mol. The maximum absolute atomic E-state index is 6.17. The van der Waals surface area contributed by atoms with Gasteiger partial charge in [0.25, 0.3) is 0 Å². The van der Waals surface area contributed by atoms with Crippen LogP contribution in [0, 0.1) is 6.92 Å². The number of nitrogens with one attached hydrogen (secondary N) is 1. The van der Waals surface area contributed by atoms with E-state index in [1.165, 1.54) is 19.3 Å². The summed E-state index contributed by atoms with van der Waals surface area (Å²) in [5.74, 6) is 1.64. The van der Waals surface area contributed by atoms with Crippen LogP contribution >= 0.6 is 23.4 Å². The molecule has 0 amide bonds. The predicted octanol–water partition coefficient (Wildman–Crippen LogP) is 3.70. The van der Waals surface area contributed by atoms with Crippen molar-refractivity contribution in [2.24, 2.45) is 0 Å². The number of hydrogen-bond donors (Lipinski definition) is 1. The minimum atomic E-state index is 0.399. The molecule has 1 heterocycles. The number of nitrogens with zero attached hydrogens (tertiary/aromatic N) is 2. The zero-order chi connectivity index (χ0) is 13.2. The van der Waals surface area contributed by atoms with Gasteiger partial charge in [0.1, 0.15) is 16.8 Å². The van der Waals surface area contributed by atoms with Gasteiger partial charge in [-0.05, 0) is 32.4 Å². The molecule has 0 atom stereocenters. The summed E-state index contributed by atoms with van der Waals surface area (Å²) in [7, 11) is 0. The standard InChI is InChI=1S/C13H20ClN3S/c1-4-10-11(14)16-9(2)17-12(10)15-8-13(18-3)6-5-7-13/h4-8H2,1-3H3,(H,15,16,17). The Balaban J connectivity index is 2.13. The summed E-state index contributed by atoms with van der Waals surface area (Å²) < 4.78 is 0.399. The lowest BCUT2D eigenvalue weighted by molar-refractivity contribution is 0.379. The van der Waals surface area contributed by atoms with E-state index in [1.54, 1.807) is 0 Å². The molecule has 1 aromatic rings. The summed E-state index contributed by atoms with van der Waals surface area (Å²) in [6.45, 7) is 4.93. The Bertz CT molecular complexity index is 427. The third-order valence-electron chi connectivity index (χ3n) is 3.70. The van der Waals surface area contributed by atoms with Gasteiger partial charge in [-0.15, -0.1) is 0 Å². The van der Waals surface area contributed by atoms with Crippen molar-refractivity contribution in [1.82, 2.24) is 9.97 Å². The van der Waals surface area contributed by atoms with Gasteiger partial charge < -0.3 is 5.32 Å².